The zero-order chi connectivity index (χ0) is 14.1. The molecule has 4 heteroatoms. The van der Waals surface area contributed by atoms with Gasteiger partial charge in [-0.2, -0.15) is 11.8 Å². The molecule has 0 amide bonds. The van der Waals surface area contributed by atoms with Crippen molar-refractivity contribution >= 4 is 11.8 Å². The molecule has 0 aliphatic heterocycles. The third-order valence-corrected chi connectivity index (χ3v) is 3.47. The van der Waals surface area contributed by atoms with E-state index in [1.165, 1.54) is 0 Å². The first kappa shape index (κ1) is 16.3. The number of pyridine rings is 1. The number of hydrogen-bond donors (Lipinski definition) is 1. The molecular weight excluding hydrogens is 256 g/mol. The fourth-order valence-corrected chi connectivity index (χ4v) is 2.18. The number of aryl methyl sites for hydroxylation is 1. The van der Waals surface area contributed by atoms with Crippen LogP contribution in [0.5, 0.6) is 5.75 Å². The van der Waals surface area contributed by atoms with Crippen molar-refractivity contribution < 1.29 is 4.74 Å². The highest BCUT2D eigenvalue weighted by Crippen LogP contribution is 2.17. The van der Waals surface area contributed by atoms with Gasteiger partial charge in [0, 0.05) is 18.0 Å². The summed E-state index contributed by atoms with van der Waals surface area (Å²) in [6.45, 7) is 11.1. The molecule has 0 spiro atoms. The van der Waals surface area contributed by atoms with Crippen LogP contribution in [0.3, 0.4) is 0 Å². The van der Waals surface area contributed by atoms with Crippen LogP contribution in [0, 0.1) is 12.8 Å². The highest BCUT2D eigenvalue weighted by molar-refractivity contribution is 7.99. The van der Waals surface area contributed by atoms with Gasteiger partial charge in [-0.25, -0.2) is 0 Å². The van der Waals surface area contributed by atoms with Gasteiger partial charge >= 0.3 is 0 Å². The lowest BCUT2D eigenvalue weighted by Crippen LogP contribution is -2.20. The second kappa shape index (κ2) is 9.21. The van der Waals surface area contributed by atoms with Crippen molar-refractivity contribution in [2.45, 2.75) is 34.2 Å². The molecule has 0 bridgehead atoms. The Kier molecular flexibility index (Phi) is 7.91. The van der Waals surface area contributed by atoms with Gasteiger partial charge in [-0.1, -0.05) is 20.8 Å². The van der Waals surface area contributed by atoms with E-state index < -0.39 is 0 Å². The van der Waals surface area contributed by atoms with E-state index >= 15 is 0 Å². The summed E-state index contributed by atoms with van der Waals surface area (Å²) in [7, 11) is 0. The number of nitrogens with one attached hydrogen (secondary N) is 1. The molecule has 19 heavy (non-hydrogen) atoms. The molecular formula is C15H26N2OS. The van der Waals surface area contributed by atoms with E-state index in [1.54, 1.807) is 0 Å². The number of rotatable bonds is 9. The number of ether oxygens (including phenoxy) is 1. The van der Waals surface area contributed by atoms with Crippen LogP contribution in [0.2, 0.25) is 0 Å². The standard InChI is InChI=1S/C15H26N2OS/c1-5-19-9-8-18-15-7-6-13(4)17-14(15)11-16-10-12(2)3/h6-7,12,16H,5,8-11H2,1-4H3. The zero-order valence-corrected chi connectivity index (χ0v) is 13.3. The van der Waals surface area contributed by atoms with Crippen LogP contribution in [0.25, 0.3) is 0 Å². The minimum atomic E-state index is 0.648. The topological polar surface area (TPSA) is 34.1 Å². The first-order valence-corrected chi connectivity index (χ1v) is 8.16. The molecule has 0 aliphatic carbocycles. The van der Waals surface area contributed by atoms with Crippen LogP contribution in [0.1, 0.15) is 32.2 Å². The molecule has 1 aromatic heterocycles. The molecule has 0 unspecified atom stereocenters. The van der Waals surface area contributed by atoms with E-state index in [4.69, 9.17) is 4.74 Å². The fourth-order valence-electron chi connectivity index (χ4n) is 1.69. The number of aromatic nitrogens is 1. The molecule has 0 saturated carbocycles. The molecule has 3 nitrogen and oxygen atoms in total. The minimum absolute atomic E-state index is 0.648. The Hall–Kier alpha value is -0.740. The third kappa shape index (κ3) is 6.83. The summed E-state index contributed by atoms with van der Waals surface area (Å²) in [6, 6.07) is 4.04. The van der Waals surface area contributed by atoms with Crippen LogP contribution in [-0.2, 0) is 6.54 Å². The van der Waals surface area contributed by atoms with Crippen LogP contribution in [0.15, 0.2) is 12.1 Å². The van der Waals surface area contributed by atoms with E-state index in [0.717, 1.165) is 48.3 Å². The van der Waals surface area contributed by atoms with Crippen molar-refractivity contribution in [2.75, 3.05) is 24.7 Å². The van der Waals surface area contributed by atoms with Gasteiger partial charge in [0.15, 0.2) is 0 Å². The summed E-state index contributed by atoms with van der Waals surface area (Å²) in [5.74, 6) is 3.73. The van der Waals surface area contributed by atoms with Gasteiger partial charge in [0.2, 0.25) is 0 Å². The van der Waals surface area contributed by atoms with Crippen LogP contribution in [-0.4, -0.2) is 29.6 Å². The van der Waals surface area contributed by atoms with E-state index in [-0.39, 0.29) is 0 Å². The molecule has 0 atom stereocenters. The van der Waals surface area contributed by atoms with Gasteiger partial charge in [0.25, 0.3) is 0 Å². The minimum Gasteiger partial charge on any atom is -0.491 e. The third-order valence-electron chi connectivity index (χ3n) is 2.61. The Morgan fingerprint density at radius 3 is 2.84 bits per heavy atom. The quantitative estimate of drug-likeness (QED) is 0.705. The molecule has 0 aliphatic rings. The highest BCUT2D eigenvalue weighted by atomic mass is 32.2. The molecule has 1 aromatic rings. The number of thioether (sulfide) groups is 1. The second-order valence-electron chi connectivity index (χ2n) is 4.97. The lowest BCUT2D eigenvalue weighted by molar-refractivity contribution is 0.336. The van der Waals surface area contributed by atoms with E-state index in [9.17, 15) is 0 Å². The predicted octanol–water partition coefficient (Wildman–Crippen LogP) is 3.27. The average Bonchev–Trinajstić information content (AvgIpc) is 2.36. The predicted molar refractivity (Wildman–Crippen MR) is 84.0 cm³/mol. The Morgan fingerprint density at radius 2 is 2.16 bits per heavy atom. The summed E-state index contributed by atoms with van der Waals surface area (Å²) in [4.78, 5) is 4.57. The number of nitrogens with zero attached hydrogens (tertiary/aromatic N) is 1. The highest BCUT2D eigenvalue weighted by Gasteiger charge is 2.06. The zero-order valence-electron chi connectivity index (χ0n) is 12.5. The van der Waals surface area contributed by atoms with Crippen LogP contribution in [0.4, 0.5) is 0 Å². The summed E-state index contributed by atoms with van der Waals surface area (Å²) >= 11 is 1.90. The first-order chi connectivity index (χ1) is 9.13. The van der Waals surface area contributed by atoms with Gasteiger partial charge in [-0.05, 0) is 37.3 Å². The first-order valence-electron chi connectivity index (χ1n) is 7.01. The van der Waals surface area contributed by atoms with Gasteiger partial charge in [-0.15, -0.1) is 0 Å². The van der Waals surface area contributed by atoms with Gasteiger partial charge in [-0.3, -0.25) is 4.98 Å². The summed E-state index contributed by atoms with van der Waals surface area (Å²) in [6.07, 6.45) is 0. The Labute approximate surface area is 121 Å². The summed E-state index contributed by atoms with van der Waals surface area (Å²) < 4.78 is 5.83. The molecule has 1 N–H and O–H groups in total. The molecule has 0 fully saturated rings. The maximum atomic E-state index is 5.83. The normalized spacial score (nSPS) is 11.0. The molecule has 0 aromatic carbocycles. The van der Waals surface area contributed by atoms with Crippen molar-refractivity contribution in [2.24, 2.45) is 5.92 Å². The van der Waals surface area contributed by atoms with Gasteiger partial charge in [0.1, 0.15) is 5.75 Å². The van der Waals surface area contributed by atoms with Gasteiger partial charge < -0.3 is 10.1 Å². The maximum Gasteiger partial charge on any atom is 0.142 e. The molecule has 1 heterocycles. The lowest BCUT2D eigenvalue weighted by Gasteiger charge is -2.13. The average molecular weight is 282 g/mol. The van der Waals surface area contributed by atoms with Crippen LogP contribution >= 0.6 is 11.8 Å². The largest absolute Gasteiger partial charge is 0.491 e. The fraction of sp³-hybridized carbons (Fsp3) is 0.667. The smallest absolute Gasteiger partial charge is 0.142 e. The monoisotopic (exact) mass is 282 g/mol. The van der Waals surface area contributed by atoms with Crippen molar-refractivity contribution in [3.05, 3.63) is 23.5 Å². The molecule has 0 saturated heterocycles. The summed E-state index contributed by atoms with van der Waals surface area (Å²) in [5, 5.41) is 3.42. The van der Waals surface area contributed by atoms with Crippen molar-refractivity contribution in [1.82, 2.24) is 10.3 Å². The Morgan fingerprint density at radius 1 is 1.37 bits per heavy atom. The SMILES string of the molecule is CCSCCOc1ccc(C)nc1CNCC(C)C. The second-order valence-corrected chi connectivity index (χ2v) is 6.36. The van der Waals surface area contributed by atoms with Crippen LogP contribution < -0.4 is 10.1 Å². The van der Waals surface area contributed by atoms with Crippen molar-refractivity contribution in [3.8, 4) is 5.75 Å². The molecule has 108 valence electrons. The Bertz CT molecular complexity index is 369. The molecule has 0 radical (unpaired) electrons. The maximum absolute atomic E-state index is 5.83. The van der Waals surface area contributed by atoms with Gasteiger partial charge in [0.05, 0.1) is 12.3 Å². The molecule has 1 rings (SSSR count). The summed E-state index contributed by atoms with van der Waals surface area (Å²) in [5.41, 5.74) is 2.05. The van der Waals surface area contributed by atoms with E-state index in [1.807, 2.05) is 30.8 Å². The van der Waals surface area contributed by atoms with E-state index in [0.29, 0.717) is 5.92 Å². The van der Waals surface area contributed by atoms with Crippen molar-refractivity contribution in [3.63, 3.8) is 0 Å². The lowest BCUT2D eigenvalue weighted by atomic mass is 10.2. The number of hydrogen-bond acceptors (Lipinski definition) is 4. The van der Waals surface area contributed by atoms with E-state index in [2.05, 4.69) is 31.1 Å². The Balaban J connectivity index is 2.53. The van der Waals surface area contributed by atoms with Crippen molar-refractivity contribution in [1.29, 1.82) is 0 Å².